The molecule has 1 saturated heterocycles. The van der Waals surface area contributed by atoms with Gasteiger partial charge >= 0.3 is 0 Å². The number of nitrogens with one attached hydrogen (secondary N) is 1. The number of anilines is 1. The highest BCUT2D eigenvalue weighted by atomic mass is 32.1. The zero-order valence-corrected chi connectivity index (χ0v) is 20.0. The van der Waals surface area contributed by atoms with Crippen molar-refractivity contribution in [1.82, 2.24) is 19.9 Å². The van der Waals surface area contributed by atoms with Gasteiger partial charge in [-0.15, -0.1) is 11.3 Å². The van der Waals surface area contributed by atoms with Crippen molar-refractivity contribution >= 4 is 33.3 Å². The molecular weight excluding hydrogens is 434 g/mol. The standard InChI is InChI=1S/C25H31N5O2S/c1-17-21-24(28-20-9-5-4-8-14-30(20)25(21)32)33-22(17)23(31)27-16-18-10-11-19(26-15-18)29-12-6-2-3-7-13-29/h10-11,15H,2-9,12-14,16H2,1H3,(H,27,31). The maximum Gasteiger partial charge on any atom is 0.262 e. The highest BCUT2D eigenvalue weighted by Gasteiger charge is 2.22. The minimum Gasteiger partial charge on any atom is -0.357 e. The van der Waals surface area contributed by atoms with Crippen LogP contribution in [-0.4, -0.2) is 33.5 Å². The molecule has 1 fully saturated rings. The van der Waals surface area contributed by atoms with Crippen LogP contribution < -0.4 is 15.8 Å². The maximum absolute atomic E-state index is 13.1. The van der Waals surface area contributed by atoms with E-state index in [1.807, 2.05) is 23.8 Å². The van der Waals surface area contributed by atoms with E-state index in [0.717, 1.165) is 61.5 Å². The molecule has 1 amide bonds. The van der Waals surface area contributed by atoms with E-state index in [1.165, 1.54) is 37.0 Å². The zero-order valence-electron chi connectivity index (χ0n) is 19.2. The van der Waals surface area contributed by atoms with Gasteiger partial charge in [0, 0.05) is 38.8 Å². The fourth-order valence-electron chi connectivity index (χ4n) is 4.90. The Hall–Kier alpha value is -2.74. The SMILES string of the molecule is Cc1c(C(=O)NCc2ccc(N3CCCCCC3)nc2)sc2nc3n(c(=O)c12)CCCCC3. The second-order valence-corrected chi connectivity index (χ2v) is 10.1. The highest BCUT2D eigenvalue weighted by Crippen LogP contribution is 2.28. The number of carbonyl (C=O) groups is 1. The van der Waals surface area contributed by atoms with Gasteiger partial charge < -0.3 is 10.2 Å². The number of pyridine rings is 1. The van der Waals surface area contributed by atoms with Crippen LogP contribution in [0, 0.1) is 6.92 Å². The third-order valence-electron chi connectivity index (χ3n) is 6.81. The number of aryl methyl sites for hydroxylation is 2. The summed E-state index contributed by atoms with van der Waals surface area (Å²) in [5.74, 6) is 1.71. The van der Waals surface area contributed by atoms with Crippen LogP contribution in [0.25, 0.3) is 10.2 Å². The summed E-state index contributed by atoms with van der Waals surface area (Å²) in [6.45, 7) is 5.10. The monoisotopic (exact) mass is 465 g/mol. The normalized spacial score (nSPS) is 16.8. The molecular formula is C25H31N5O2S. The van der Waals surface area contributed by atoms with Crippen molar-refractivity contribution in [2.75, 3.05) is 18.0 Å². The van der Waals surface area contributed by atoms with Crippen molar-refractivity contribution in [2.24, 2.45) is 0 Å². The van der Waals surface area contributed by atoms with Gasteiger partial charge in [0.25, 0.3) is 11.5 Å². The van der Waals surface area contributed by atoms with Crippen LogP contribution in [0.5, 0.6) is 0 Å². The van der Waals surface area contributed by atoms with E-state index in [4.69, 9.17) is 4.98 Å². The number of hydrogen-bond donors (Lipinski definition) is 1. The Morgan fingerprint density at radius 2 is 1.82 bits per heavy atom. The van der Waals surface area contributed by atoms with E-state index >= 15 is 0 Å². The third kappa shape index (κ3) is 4.53. The molecule has 5 rings (SSSR count). The number of thiophene rings is 1. The minimum atomic E-state index is -0.160. The molecule has 0 radical (unpaired) electrons. The van der Waals surface area contributed by atoms with Gasteiger partial charge in [-0.3, -0.25) is 14.2 Å². The Bertz CT molecular complexity index is 1210. The molecule has 174 valence electrons. The van der Waals surface area contributed by atoms with Crippen LogP contribution in [0.2, 0.25) is 0 Å². The fraction of sp³-hybridized carbons (Fsp3) is 0.520. The molecule has 2 aliphatic heterocycles. The van der Waals surface area contributed by atoms with Crippen LogP contribution in [-0.2, 0) is 19.5 Å². The summed E-state index contributed by atoms with van der Waals surface area (Å²) in [7, 11) is 0. The number of rotatable bonds is 4. The first-order valence-corrected chi connectivity index (χ1v) is 12.9. The fourth-order valence-corrected chi connectivity index (χ4v) is 6.00. The second kappa shape index (κ2) is 9.63. The Kier molecular flexibility index (Phi) is 6.44. The molecule has 5 heterocycles. The quantitative estimate of drug-likeness (QED) is 0.625. The van der Waals surface area contributed by atoms with Crippen molar-refractivity contribution in [3.63, 3.8) is 0 Å². The van der Waals surface area contributed by atoms with Gasteiger partial charge in [-0.25, -0.2) is 9.97 Å². The molecule has 0 atom stereocenters. The summed E-state index contributed by atoms with van der Waals surface area (Å²) >= 11 is 1.33. The molecule has 0 saturated carbocycles. The highest BCUT2D eigenvalue weighted by molar-refractivity contribution is 7.20. The van der Waals surface area contributed by atoms with Gasteiger partial charge in [0.1, 0.15) is 16.5 Å². The Balaban J connectivity index is 1.31. The lowest BCUT2D eigenvalue weighted by molar-refractivity contribution is 0.0954. The summed E-state index contributed by atoms with van der Waals surface area (Å²) < 4.78 is 1.81. The van der Waals surface area contributed by atoms with Crippen molar-refractivity contribution in [3.05, 3.63) is 50.5 Å². The molecule has 7 nitrogen and oxygen atoms in total. The van der Waals surface area contributed by atoms with Gasteiger partial charge in [-0.1, -0.05) is 25.3 Å². The number of fused-ring (bicyclic) bond motifs is 2. The van der Waals surface area contributed by atoms with E-state index in [2.05, 4.69) is 21.3 Å². The van der Waals surface area contributed by atoms with E-state index < -0.39 is 0 Å². The molecule has 1 N–H and O–H groups in total. The Morgan fingerprint density at radius 1 is 1.06 bits per heavy atom. The third-order valence-corrected chi connectivity index (χ3v) is 7.99. The molecule has 3 aromatic rings. The van der Waals surface area contributed by atoms with Gasteiger partial charge in [0.2, 0.25) is 0 Å². The summed E-state index contributed by atoms with van der Waals surface area (Å²) in [4.78, 5) is 39.1. The Labute approximate surface area is 197 Å². The first-order chi connectivity index (χ1) is 16.1. The average Bonchev–Trinajstić information content (AvgIpc) is 3.05. The topological polar surface area (TPSA) is 80.1 Å². The Morgan fingerprint density at radius 3 is 2.58 bits per heavy atom. The van der Waals surface area contributed by atoms with Crippen molar-refractivity contribution in [3.8, 4) is 0 Å². The van der Waals surface area contributed by atoms with Gasteiger partial charge in [-0.2, -0.15) is 0 Å². The van der Waals surface area contributed by atoms with Crippen molar-refractivity contribution in [2.45, 2.75) is 71.4 Å². The van der Waals surface area contributed by atoms with Crippen LogP contribution in [0.1, 0.15) is 71.6 Å². The number of carbonyl (C=O) groups excluding carboxylic acids is 1. The smallest absolute Gasteiger partial charge is 0.262 e. The minimum absolute atomic E-state index is 0.00185. The predicted octanol–water partition coefficient (Wildman–Crippen LogP) is 4.20. The summed E-state index contributed by atoms with van der Waals surface area (Å²) in [6, 6.07) is 4.09. The lowest BCUT2D eigenvalue weighted by Crippen LogP contribution is -2.25. The molecule has 0 aliphatic carbocycles. The van der Waals surface area contributed by atoms with Crippen molar-refractivity contribution < 1.29 is 4.79 Å². The van der Waals surface area contributed by atoms with E-state index in [-0.39, 0.29) is 11.5 Å². The first-order valence-electron chi connectivity index (χ1n) is 12.1. The van der Waals surface area contributed by atoms with Crippen LogP contribution in [0.4, 0.5) is 5.82 Å². The van der Waals surface area contributed by atoms with Gasteiger partial charge in [0.15, 0.2) is 0 Å². The lowest BCUT2D eigenvalue weighted by atomic mass is 10.2. The largest absolute Gasteiger partial charge is 0.357 e. The zero-order chi connectivity index (χ0) is 22.8. The molecule has 8 heteroatoms. The molecule has 0 aromatic carbocycles. The van der Waals surface area contributed by atoms with E-state index in [0.29, 0.717) is 28.2 Å². The second-order valence-electron chi connectivity index (χ2n) is 9.14. The predicted molar refractivity (Wildman–Crippen MR) is 132 cm³/mol. The number of hydrogen-bond acceptors (Lipinski definition) is 6. The van der Waals surface area contributed by atoms with Crippen LogP contribution >= 0.6 is 11.3 Å². The summed E-state index contributed by atoms with van der Waals surface area (Å²) in [5, 5.41) is 3.60. The lowest BCUT2D eigenvalue weighted by Gasteiger charge is -2.21. The van der Waals surface area contributed by atoms with Crippen LogP contribution in [0.3, 0.4) is 0 Å². The molecule has 3 aromatic heterocycles. The first kappa shape index (κ1) is 22.1. The van der Waals surface area contributed by atoms with Crippen molar-refractivity contribution in [1.29, 1.82) is 0 Å². The number of nitrogens with zero attached hydrogens (tertiary/aromatic N) is 4. The van der Waals surface area contributed by atoms with E-state index in [9.17, 15) is 9.59 Å². The van der Waals surface area contributed by atoms with Gasteiger partial charge in [0.05, 0.1) is 10.3 Å². The summed E-state index contributed by atoms with van der Waals surface area (Å²) in [6.07, 6.45) is 10.9. The van der Waals surface area contributed by atoms with Gasteiger partial charge in [-0.05, 0) is 49.8 Å². The number of amides is 1. The van der Waals surface area contributed by atoms with Crippen LogP contribution in [0.15, 0.2) is 23.1 Å². The molecule has 0 bridgehead atoms. The maximum atomic E-state index is 13.1. The molecule has 0 unspecified atom stereocenters. The average molecular weight is 466 g/mol. The summed E-state index contributed by atoms with van der Waals surface area (Å²) in [5.41, 5.74) is 1.70. The van der Waals surface area contributed by atoms with E-state index in [1.54, 1.807) is 0 Å². The number of aromatic nitrogens is 3. The molecule has 33 heavy (non-hydrogen) atoms. The molecule has 0 spiro atoms. The molecule has 2 aliphatic rings.